The zero-order chi connectivity index (χ0) is 14.0. The summed E-state index contributed by atoms with van der Waals surface area (Å²) < 4.78 is 0. The first-order chi connectivity index (χ1) is 7.76. The number of likely N-dealkylation sites (N-methyl/N-ethyl adjacent to an activating group) is 1. The molecule has 0 spiro atoms. The molecule has 5 heteroatoms. The molecule has 0 fully saturated rings. The second-order valence-corrected chi connectivity index (χ2v) is 3.64. The Bertz CT molecular complexity index is 266. The van der Waals surface area contributed by atoms with Crippen LogP contribution in [0.2, 0.25) is 0 Å². The summed E-state index contributed by atoms with van der Waals surface area (Å²) in [5.41, 5.74) is 0.416. The minimum absolute atomic E-state index is 0.200. The van der Waals surface area contributed by atoms with Gasteiger partial charge in [-0.15, -0.1) is 0 Å². The van der Waals surface area contributed by atoms with Gasteiger partial charge >= 0.3 is 5.97 Å². The van der Waals surface area contributed by atoms with E-state index < -0.39 is 11.9 Å². The number of hydrogen-bond acceptors (Lipinski definition) is 3. The molecule has 0 radical (unpaired) electrons. The van der Waals surface area contributed by atoms with Gasteiger partial charge in [0.1, 0.15) is 0 Å². The molecule has 0 aromatic carbocycles. The van der Waals surface area contributed by atoms with Crippen LogP contribution >= 0.6 is 0 Å². The Morgan fingerprint density at radius 1 is 1.18 bits per heavy atom. The number of nitrogens with zero attached hydrogens (tertiary/aromatic N) is 1. The fraction of sp³-hybridized carbons (Fsp3) is 0.667. The van der Waals surface area contributed by atoms with Gasteiger partial charge in [0.2, 0.25) is 0 Å². The van der Waals surface area contributed by atoms with E-state index in [9.17, 15) is 4.79 Å². The van der Waals surface area contributed by atoms with E-state index in [2.05, 4.69) is 18.7 Å². The number of hydrogen-bond donors (Lipinski definition) is 2. The van der Waals surface area contributed by atoms with Crippen LogP contribution in [0.4, 0.5) is 0 Å². The number of carbonyl (C=O) groups is 2. The van der Waals surface area contributed by atoms with E-state index in [0.717, 1.165) is 20.0 Å². The van der Waals surface area contributed by atoms with E-state index in [4.69, 9.17) is 15.0 Å². The summed E-state index contributed by atoms with van der Waals surface area (Å²) in [5.74, 6) is -1.67. The molecular weight excluding hydrogens is 222 g/mol. The number of carboxylic acid groups (broad SMARTS) is 2. The lowest BCUT2D eigenvalue weighted by atomic mass is 10.2. The summed E-state index contributed by atoms with van der Waals surface area (Å²) in [6.45, 7) is 10.8. The van der Waals surface area contributed by atoms with E-state index in [1.807, 2.05) is 6.92 Å². The molecule has 5 nitrogen and oxygen atoms in total. The fourth-order valence-corrected chi connectivity index (χ4v) is 1.34. The number of aliphatic carboxylic acids is 2. The molecule has 100 valence electrons. The van der Waals surface area contributed by atoms with Crippen molar-refractivity contribution < 1.29 is 19.8 Å². The lowest BCUT2D eigenvalue weighted by Gasteiger charge is -2.23. The van der Waals surface area contributed by atoms with Gasteiger partial charge in [0.25, 0.3) is 5.97 Å². The molecule has 0 aromatic heterocycles. The molecule has 0 aliphatic rings. The standard InChI is InChI=1S/C10H19NO2.C2H4O2/c1-5-11(6-2)9(4)7-8(3)10(12)13;1-2(3)4/h7,9H,5-6H2,1-4H3,(H,12,13);1H3,(H,3,4). The Hall–Kier alpha value is -1.36. The van der Waals surface area contributed by atoms with Gasteiger partial charge in [-0.3, -0.25) is 9.69 Å². The minimum atomic E-state index is -0.834. The summed E-state index contributed by atoms with van der Waals surface area (Å²) in [6, 6.07) is 0.200. The van der Waals surface area contributed by atoms with Crippen molar-refractivity contribution in [1.82, 2.24) is 4.90 Å². The molecule has 17 heavy (non-hydrogen) atoms. The Morgan fingerprint density at radius 3 is 1.76 bits per heavy atom. The van der Waals surface area contributed by atoms with Crippen LogP contribution < -0.4 is 0 Å². The monoisotopic (exact) mass is 245 g/mol. The molecular formula is C12H23NO4. The molecule has 0 amide bonds. The molecule has 0 aliphatic heterocycles. The summed E-state index contributed by atoms with van der Waals surface area (Å²) in [5, 5.41) is 16.1. The maximum atomic E-state index is 10.5. The smallest absolute Gasteiger partial charge is 0.331 e. The van der Waals surface area contributed by atoms with Crippen molar-refractivity contribution in [3.63, 3.8) is 0 Å². The Balaban J connectivity index is 0. The van der Waals surface area contributed by atoms with Crippen molar-refractivity contribution in [2.45, 2.75) is 40.7 Å². The highest BCUT2D eigenvalue weighted by molar-refractivity contribution is 5.85. The van der Waals surface area contributed by atoms with E-state index >= 15 is 0 Å². The number of carboxylic acids is 2. The number of rotatable bonds is 5. The first-order valence-electron chi connectivity index (χ1n) is 5.61. The minimum Gasteiger partial charge on any atom is -0.481 e. The Morgan fingerprint density at radius 2 is 1.53 bits per heavy atom. The SMILES string of the molecule is CC(=O)O.CCN(CC)C(C)C=C(C)C(=O)O. The third-order valence-corrected chi connectivity index (χ3v) is 2.22. The predicted molar refractivity (Wildman–Crippen MR) is 67.1 cm³/mol. The predicted octanol–water partition coefficient (Wildman–Crippen LogP) is 1.84. The summed E-state index contributed by atoms with van der Waals surface area (Å²) in [7, 11) is 0. The van der Waals surface area contributed by atoms with E-state index in [1.165, 1.54) is 0 Å². The molecule has 0 aromatic rings. The maximum Gasteiger partial charge on any atom is 0.331 e. The van der Waals surface area contributed by atoms with Crippen molar-refractivity contribution in [2.24, 2.45) is 0 Å². The van der Waals surface area contributed by atoms with Gasteiger partial charge in [-0.05, 0) is 26.9 Å². The maximum absolute atomic E-state index is 10.5. The molecule has 0 saturated carbocycles. The molecule has 0 heterocycles. The fourth-order valence-electron chi connectivity index (χ4n) is 1.34. The van der Waals surface area contributed by atoms with Crippen LogP contribution in [0.3, 0.4) is 0 Å². The highest BCUT2D eigenvalue weighted by Crippen LogP contribution is 2.03. The summed E-state index contributed by atoms with van der Waals surface area (Å²) in [6.07, 6.45) is 1.79. The average Bonchev–Trinajstić information content (AvgIpc) is 2.18. The van der Waals surface area contributed by atoms with Crippen molar-refractivity contribution in [3.8, 4) is 0 Å². The molecule has 0 aliphatic carbocycles. The lowest BCUT2D eigenvalue weighted by molar-refractivity contribution is -0.134. The lowest BCUT2D eigenvalue weighted by Crippen LogP contribution is -2.31. The van der Waals surface area contributed by atoms with E-state index in [-0.39, 0.29) is 6.04 Å². The van der Waals surface area contributed by atoms with Gasteiger partial charge in [-0.25, -0.2) is 4.79 Å². The van der Waals surface area contributed by atoms with Crippen LogP contribution in [0.25, 0.3) is 0 Å². The third kappa shape index (κ3) is 10.9. The van der Waals surface area contributed by atoms with Crippen LogP contribution in [0.5, 0.6) is 0 Å². The van der Waals surface area contributed by atoms with E-state index in [1.54, 1.807) is 13.0 Å². The Kier molecular flexibility index (Phi) is 10.4. The van der Waals surface area contributed by atoms with E-state index in [0.29, 0.717) is 5.57 Å². The average molecular weight is 245 g/mol. The summed E-state index contributed by atoms with van der Waals surface area (Å²) in [4.78, 5) is 21.7. The van der Waals surface area contributed by atoms with Crippen LogP contribution in [0.1, 0.15) is 34.6 Å². The largest absolute Gasteiger partial charge is 0.481 e. The summed E-state index contributed by atoms with van der Waals surface area (Å²) >= 11 is 0. The Labute approximate surface area is 103 Å². The normalized spacial score (nSPS) is 12.7. The second-order valence-electron chi connectivity index (χ2n) is 3.64. The molecule has 0 bridgehead atoms. The first kappa shape index (κ1) is 18.0. The molecule has 2 N–H and O–H groups in total. The van der Waals surface area contributed by atoms with Crippen LogP contribution in [0, 0.1) is 0 Å². The van der Waals surface area contributed by atoms with Gasteiger partial charge < -0.3 is 10.2 Å². The van der Waals surface area contributed by atoms with Crippen LogP contribution in [0.15, 0.2) is 11.6 Å². The zero-order valence-corrected chi connectivity index (χ0v) is 11.2. The molecule has 0 rings (SSSR count). The zero-order valence-electron chi connectivity index (χ0n) is 11.2. The second kappa shape index (κ2) is 9.84. The van der Waals surface area contributed by atoms with Gasteiger partial charge in [-0.1, -0.05) is 19.9 Å². The van der Waals surface area contributed by atoms with Crippen molar-refractivity contribution in [2.75, 3.05) is 13.1 Å². The van der Waals surface area contributed by atoms with Gasteiger partial charge in [0.05, 0.1) is 0 Å². The highest BCUT2D eigenvalue weighted by Gasteiger charge is 2.09. The van der Waals surface area contributed by atoms with Crippen LogP contribution in [-0.4, -0.2) is 46.2 Å². The highest BCUT2D eigenvalue weighted by atomic mass is 16.4. The van der Waals surface area contributed by atoms with Crippen LogP contribution in [-0.2, 0) is 9.59 Å². The molecule has 0 saturated heterocycles. The topological polar surface area (TPSA) is 77.8 Å². The molecule has 1 atom stereocenters. The van der Waals surface area contributed by atoms with Gasteiger partial charge in [0, 0.05) is 18.5 Å². The molecule has 1 unspecified atom stereocenters. The first-order valence-corrected chi connectivity index (χ1v) is 5.61. The van der Waals surface area contributed by atoms with Crippen molar-refractivity contribution in [1.29, 1.82) is 0 Å². The van der Waals surface area contributed by atoms with Crippen molar-refractivity contribution in [3.05, 3.63) is 11.6 Å². The van der Waals surface area contributed by atoms with Gasteiger partial charge in [-0.2, -0.15) is 0 Å². The third-order valence-electron chi connectivity index (χ3n) is 2.22. The quantitative estimate of drug-likeness (QED) is 0.723. The van der Waals surface area contributed by atoms with Gasteiger partial charge in [0.15, 0.2) is 0 Å². The van der Waals surface area contributed by atoms with Crippen molar-refractivity contribution >= 4 is 11.9 Å².